The Morgan fingerprint density at radius 2 is 1.38 bits per heavy atom. The zero-order valence-electron chi connectivity index (χ0n) is 15.0. The van der Waals surface area contributed by atoms with Crippen LogP contribution < -0.4 is 4.18 Å². The normalized spacial score (nSPS) is 10.9. The molecule has 0 heterocycles. The monoisotopic (exact) mass is 436 g/mol. The van der Waals surface area contributed by atoms with Gasteiger partial charge in [-0.3, -0.25) is 0 Å². The zero-order valence-corrected chi connectivity index (χ0v) is 15.8. The van der Waals surface area contributed by atoms with Gasteiger partial charge in [-0.15, -0.1) is 0 Å². The van der Waals surface area contributed by atoms with Gasteiger partial charge in [0.1, 0.15) is 11.5 Å². The highest BCUT2D eigenvalue weighted by atomic mass is 32.2. The van der Waals surface area contributed by atoms with E-state index in [0.29, 0.717) is 5.56 Å². The Kier molecular flexibility index (Phi) is 8.01. The molecule has 0 aliphatic heterocycles. The van der Waals surface area contributed by atoms with Crippen molar-refractivity contribution in [1.29, 1.82) is 0 Å². The molecular weight excluding hydrogens is 421 g/mol. The van der Waals surface area contributed by atoms with E-state index in [2.05, 4.69) is 13.7 Å². The molecule has 0 aliphatic carbocycles. The fraction of sp³-hybridized carbons (Fsp3) is 0.176. The minimum absolute atomic E-state index is 0.0629. The van der Waals surface area contributed by atoms with Gasteiger partial charge >= 0.3 is 27.6 Å². The van der Waals surface area contributed by atoms with E-state index in [0.717, 1.165) is 25.3 Å². The van der Waals surface area contributed by atoms with E-state index in [1.54, 1.807) is 12.1 Å². The number of benzene rings is 2. The number of carbonyl (C=O) groups is 2. The first kappa shape index (κ1) is 23.8. The molecule has 2 aromatic carbocycles. The lowest BCUT2D eigenvalue weighted by Gasteiger charge is -2.09. The number of esters is 2. The van der Waals surface area contributed by atoms with Crippen LogP contribution in [0.4, 0.5) is 13.2 Å². The number of phenolic OH excluding ortho intramolecular Hbond substituents is 1. The summed E-state index contributed by atoms with van der Waals surface area (Å²) in [5.41, 5.74) is -5.31. The van der Waals surface area contributed by atoms with Gasteiger partial charge in [0.25, 0.3) is 0 Å². The van der Waals surface area contributed by atoms with Gasteiger partial charge in [-0.1, -0.05) is 12.1 Å². The molecule has 1 N–H and O–H groups in total. The van der Waals surface area contributed by atoms with Crippen molar-refractivity contribution in [2.45, 2.75) is 5.51 Å². The maximum Gasteiger partial charge on any atom is 0.534 e. The van der Waals surface area contributed by atoms with Gasteiger partial charge in [-0.2, -0.15) is 21.6 Å². The van der Waals surface area contributed by atoms with Gasteiger partial charge in [0.15, 0.2) is 0 Å². The smallest absolute Gasteiger partial charge is 0.508 e. The highest BCUT2D eigenvalue weighted by Gasteiger charge is 2.48. The van der Waals surface area contributed by atoms with Crippen LogP contribution >= 0.6 is 0 Å². The van der Waals surface area contributed by atoms with Crippen LogP contribution in [0, 0.1) is 0 Å². The third-order valence-electron chi connectivity index (χ3n) is 3.01. The van der Waals surface area contributed by atoms with E-state index >= 15 is 0 Å². The summed E-state index contributed by atoms with van der Waals surface area (Å²) < 4.78 is 70.1. The molecule has 0 aliphatic rings. The predicted octanol–water partition coefficient (Wildman–Crippen LogP) is 2.88. The van der Waals surface area contributed by atoms with E-state index in [1.165, 1.54) is 25.3 Å². The number of carbonyl (C=O) groups excluding carboxylic acids is 2. The lowest BCUT2D eigenvalue weighted by Crippen LogP contribution is -2.28. The van der Waals surface area contributed by atoms with E-state index < -0.39 is 33.3 Å². The fourth-order valence-corrected chi connectivity index (χ4v) is 2.17. The highest BCUT2D eigenvalue weighted by Crippen LogP contribution is 2.27. The number of hydrogen-bond donors (Lipinski definition) is 1. The van der Waals surface area contributed by atoms with Crippen molar-refractivity contribution >= 4 is 22.1 Å². The molecule has 0 saturated heterocycles. The quantitative estimate of drug-likeness (QED) is 0.442. The first-order chi connectivity index (χ1) is 13.4. The standard InChI is InChI=1S/C9H7F3O5S.C8H8O3/c1-16-8(13)6-3-2-4-7(5-6)17-18(14,15)9(10,11)12;1-11-8(10)6-3-2-4-7(9)5-6/h2-5H,1H3;2-5,9H,1H3. The minimum Gasteiger partial charge on any atom is -0.508 e. The molecule has 29 heavy (non-hydrogen) atoms. The molecule has 2 rings (SSSR count). The molecule has 0 radical (unpaired) electrons. The molecule has 0 bridgehead atoms. The van der Waals surface area contributed by atoms with E-state index in [9.17, 15) is 31.2 Å². The Labute approximate surface area is 163 Å². The molecule has 0 atom stereocenters. The number of ether oxygens (including phenoxy) is 2. The summed E-state index contributed by atoms with van der Waals surface area (Å²) in [7, 11) is -3.38. The number of aromatic hydroxyl groups is 1. The number of rotatable bonds is 4. The summed E-state index contributed by atoms with van der Waals surface area (Å²) >= 11 is 0. The molecule has 0 unspecified atom stereocenters. The second kappa shape index (κ2) is 9.78. The van der Waals surface area contributed by atoms with E-state index in [1.807, 2.05) is 0 Å². The van der Waals surface area contributed by atoms with Crippen LogP contribution in [0.25, 0.3) is 0 Å². The second-order valence-electron chi connectivity index (χ2n) is 5.04. The number of halogens is 3. The molecule has 158 valence electrons. The summed E-state index contributed by atoms with van der Waals surface area (Å²) in [6, 6.07) is 10.2. The van der Waals surface area contributed by atoms with E-state index in [4.69, 9.17) is 5.11 Å². The number of phenols is 1. The summed E-state index contributed by atoms with van der Waals surface area (Å²) in [4.78, 5) is 21.9. The number of methoxy groups -OCH3 is 2. The van der Waals surface area contributed by atoms with Gasteiger partial charge in [-0.05, 0) is 36.4 Å². The maximum atomic E-state index is 12.0. The maximum absolute atomic E-state index is 12.0. The summed E-state index contributed by atoms with van der Waals surface area (Å²) in [5.74, 6) is -1.84. The number of hydrogen-bond acceptors (Lipinski definition) is 8. The van der Waals surface area contributed by atoms with Crippen molar-refractivity contribution in [3.63, 3.8) is 0 Å². The SMILES string of the molecule is COC(=O)c1cccc(O)c1.COC(=O)c1cccc(OS(=O)(=O)C(F)(F)F)c1. The van der Waals surface area contributed by atoms with Gasteiger partial charge in [0.05, 0.1) is 25.3 Å². The van der Waals surface area contributed by atoms with Crippen molar-refractivity contribution in [2.75, 3.05) is 14.2 Å². The molecule has 0 fully saturated rings. The van der Waals surface area contributed by atoms with Crippen LogP contribution in [0.15, 0.2) is 48.5 Å². The molecule has 0 spiro atoms. The first-order valence-electron chi connectivity index (χ1n) is 7.47. The summed E-state index contributed by atoms with van der Waals surface area (Å²) in [6.07, 6.45) is 0. The van der Waals surface area contributed by atoms with E-state index in [-0.39, 0.29) is 11.3 Å². The molecule has 0 aromatic heterocycles. The molecular formula is C17H15F3O8S. The topological polar surface area (TPSA) is 116 Å². The van der Waals surface area contributed by atoms with Crippen LogP contribution in [0.3, 0.4) is 0 Å². The Balaban J connectivity index is 0.000000326. The molecule has 2 aromatic rings. The van der Waals surface area contributed by atoms with Crippen LogP contribution in [-0.4, -0.2) is 45.2 Å². The van der Waals surface area contributed by atoms with Crippen LogP contribution in [0.1, 0.15) is 20.7 Å². The third-order valence-corrected chi connectivity index (χ3v) is 3.99. The Morgan fingerprint density at radius 1 is 0.897 bits per heavy atom. The molecule has 0 amide bonds. The fourth-order valence-electron chi connectivity index (χ4n) is 1.72. The predicted molar refractivity (Wildman–Crippen MR) is 92.8 cm³/mol. The Hall–Kier alpha value is -3.28. The van der Waals surface area contributed by atoms with Crippen molar-refractivity contribution < 1.29 is 49.9 Å². The van der Waals surface area contributed by atoms with Gasteiger partial charge in [-0.25, -0.2) is 9.59 Å². The molecule has 8 nitrogen and oxygen atoms in total. The Bertz CT molecular complexity index is 971. The average molecular weight is 436 g/mol. The second-order valence-corrected chi connectivity index (χ2v) is 6.58. The van der Waals surface area contributed by atoms with Crippen LogP contribution in [0.5, 0.6) is 11.5 Å². The highest BCUT2D eigenvalue weighted by molar-refractivity contribution is 7.88. The van der Waals surface area contributed by atoms with Gasteiger partial charge in [0, 0.05) is 0 Å². The van der Waals surface area contributed by atoms with Crippen molar-refractivity contribution in [3.05, 3.63) is 59.7 Å². The summed E-state index contributed by atoms with van der Waals surface area (Å²) in [5, 5.41) is 8.95. The third kappa shape index (κ3) is 6.99. The van der Waals surface area contributed by atoms with Crippen LogP contribution in [0.2, 0.25) is 0 Å². The Morgan fingerprint density at radius 3 is 1.83 bits per heavy atom. The van der Waals surface area contributed by atoms with Crippen molar-refractivity contribution in [2.24, 2.45) is 0 Å². The van der Waals surface area contributed by atoms with Gasteiger partial charge in [0.2, 0.25) is 0 Å². The zero-order chi connectivity index (χ0) is 22.2. The molecule has 0 saturated carbocycles. The number of alkyl halides is 3. The van der Waals surface area contributed by atoms with Crippen LogP contribution in [-0.2, 0) is 19.6 Å². The largest absolute Gasteiger partial charge is 0.534 e. The van der Waals surface area contributed by atoms with Crippen molar-refractivity contribution in [3.8, 4) is 11.5 Å². The first-order valence-corrected chi connectivity index (χ1v) is 8.88. The lowest BCUT2D eigenvalue weighted by atomic mass is 10.2. The lowest BCUT2D eigenvalue weighted by molar-refractivity contribution is -0.0500. The average Bonchev–Trinajstić information content (AvgIpc) is 2.66. The molecule has 12 heteroatoms. The summed E-state index contributed by atoms with van der Waals surface area (Å²) in [6.45, 7) is 0. The van der Waals surface area contributed by atoms with Crippen molar-refractivity contribution in [1.82, 2.24) is 0 Å². The van der Waals surface area contributed by atoms with Gasteiger partial charge < -0.3 is 18.8 Å². The minimum atomic E-state index is -5.75.